The molecule has 1 amide bonds. The number of piperidine rings is 1. The van der Waals surface area contributed by atoms with Gasteiger partial charge in [-0.15, -0.1) is 0 Å². The van der Waals surface area contributed by atoms with Crippen LogP contribution >= 0.6 is 0 Å². The topological polar surface area (TPSA) is 84.9 Å². The molecule has 1 aliphatic heterocycles. The average Bonchev–Trinajstić information content (AvgIpc) is 2.81. The second-order valence-electron chi connectivity index (χ2n) is 7.81. The highest BCUT2D eigenvalue weighted by atomic mass is 32.2. The zero-order chi connectivity index (χ0) is 24.0. The molecule has 0 aliphatic carbocycles. The molecular formula is C23H28F2N2O5S. The molecule has 0 radical (unpaired) electrons. The van der Waals surface area contributed by atoms with Crippen LogP contribution in [0, 0.1) is 17.6 Å². The summed E-state index contributed by atoms with van der Waals surface area (Å²) in [5.74, 6) is -1.87. The van der Waals surface area contributed by atoms with Crippen molar-refractivity contribution in [2.24, 2.45) is 5.92 Å². The molecule has 0 saturated carbocycles. The summed E-state index contributed by atoms with van der Waals surface area (Å²) in [6.07, 6.45) is 2.45. The van der Waals surface area contributed by atoms with E-state index in [0.717, 1.165) is 25.0 Å². The first-order chi connectivity index (χ1) is 15.8. The van der Waals surface area contributed by atoms with Crippen LogP contribution in [0.25, 0.3) is 0 Å². The van der Waals surface area contributed by atoms with E-state index in [1.807, 2.05) is 0 Å². The molecular weight excluding hydrogens is 454 g/mol. The maximum absolute atomic E-state index is 13.5. The van der Waals surface area contributed by atoms with Gasteiger partial charge >= 0.3 is 0 Å². The van der Waals surface area contributed by atoms with Crippen LogP contribution in [0.15, 0.2) is 41.3 Å². The normalized spacial score (nSPS) is 15.3. The Labute approximate surface area is 192 Å². The molecule has 1 fully saturated rings. The Morgan fingerprint density at radius 2 is 1.85 bits per heavy atom. The first-order valence-electron chi connectivity index (χ1n) is 10.8. The van der Waals surface area contributed by atoms with Crippen LogP contribution in [0.3, 0.4) is 0 Å². The zero-order valence-corrected chi connectivity index (χ0v) is 19.5. The van der Waals surface area contributed by atoms with Crippen LogP contribution in [0.2, 0.25) is 0 Å². The van der Waals surface area contributed by atoms with Crippen molar-refractivity contribution in [3.05, 3.63) is 48.0 Å². The first kappa shape index (κ1) is 24.9. The monoisotopic (exact) mass is 482 g/mol. The highest BCUT2D eigenvalue weighted by Crippen LogP contribution is 2.31. The lowest BCUT2D eigenvalue weighted by Crippen LogP contribution is -2.41. The number of nitrogens with zero attached hydrogens (tertiary/aromatic N) is 1. The number of nitrogens with one attached hydrogen (secondary N) is 1. The van der Waals surface area contributed by atoms with Crippen molar-refractivity contribution in [3.63, 3.8) is 0 Å². The first-order valence-corrected chi connectivity index (χ1v) is 12.3. The van der Waals surface area contributed by atoms with Crippen molar-refractivity contribution in [3.8, 4) is 11.5 Å². The van der Waals surface area contributed by atoms with E-state index in [0.29, 0.717) is 42.7 Å². The molecule has 1 N–H and O–H groups in total. The summed E-state index contributed by atoms with van der Waals surface area (Å²) in [7, 11) is -2.45. The smallest absolute Gasteiger partial charge is 0.243 e. The van der Waals surface area contributed by atoms with Gasteiger partial charge in [0.1, 0.15) is 11.5 Å². The predicted octanol–water partition coefficient (Wildman–Crippen LogP) is 4.19. The number of carbonyl (C=O) groups excluding carboxylic acids is 1. The number of halogens is 2. The van der Waals surface area contributed by atoms with E-state index in [1.54, 1.807) is 18.2 Å². The number of benzene rings is 2. The van der Waals surface area contributed by atoms with Crippen LogP contribution < -0.4 is 14.8 Å². The average molecular weight is 483 g/mol. The Hall–Kier alpha value is -2.72. The van der Waals surface area contributed by atoms with Gasteiger partial charge in [-0.2, -0.15) is 4.31 Å². The lowest BCUT2D eigenvalue weighted by molar-refractivity contribution is -0.120. The molecule has 2 aromatic rings. The minimum Gasteiger partial charge on any atom is -0.497 e. The Bertz CT molecular complexity index is 1090. The number of sulfonamides is 1. The summed E-state index contributed by atoms with van der Waals surface area (Å²) in [6, 6.07) is 7.67. The van der Waals surface area contributed by atoms with Crippen LogP contribution in [-0.2, 0) is 14.8 Å². The zero-order valence-electron chi connectivity index (χ0n) is 18.6. The summed E-state index contributed by atoms with van der Waals surface area (Å²) in [5.41, 5.74) is 0.493. The second-order valence-corrected chi connectivity index (χ2v) is 9.75. The molecule has 33 heavy (non-hydrogen) atoms. The Kier molecular flexibility index (Phi) is 8.25. The molecule has 180 valence electrons. The highest BCUT2D eigenvalue weighted by Gasteiger charge is 2.32. The largest absolute Gasteiger partial charge is 0.497 e. The molecule has 10 heteroatoms. The molecule has 7 nitrogen and oxygen atoms in total. The van der Waals surface area contributed by atoms with Gasteiger partial charge in [0.25, 0.3) is 0 Å². The Morgan fingerprint density at radius 3 is 2.48 bits per heavy atom. The number of carbonyl (C=O) groups is 1. The number of unbranched alkanes of at least 4 members (excludes halogenated alkanes) is 1. The van der Waals surface area contributed by atoms with E-state index in [9.17, 15) is 22.0 Å². The van der Waals surface area contributed by atoms with Crippen LogP contribution in [0.4, 0.5) is 14.5 Å². The van der Waals surface area contributed by atoms with E-state index in [2.05, 4.69) is 12.2 Å². The van der Waals surface area contributed by atoms with Crippen molar-refractivity contribution >= 4 is 21.6 Å². The predicted molar refractivity (Wildman–Crippen MR) is 120 cm³/mol. The summed E-state index contributed by atoms with van der Waals surface area (Å²) in [4.78, 5) is 12.6. The van der Waals surface area contributed by atoms with Gasteiger partial charge in [-0.25, -0.2) is 17.2 Å². The third-order valence-corrected chi connectivity index (χ3v) is 7.45. The van der Waals surface area contributed by atoms with Crippen molar-refractivity contribution in [1.29, 1.82) is 0 Å². The van der Waals surface area contributed by atoms with E-state index in [1.165, 1.54) is 11.4 Å². The number of methoxy groups -OCH3 is 1. The van der Waals surface area contributed by atoms with E-state index >= 15 is 0 Å². The molecule has 0 atom stereocenters. The van der Waals surface area contributed by atoms with Crippen molar-refractivity contribution in [2.45, 2.75) is 37.5 Å². The van der Waals surface area contributed by atoms with Crippen LogP contribution in [-0.4, -0.2) is 45.4 Å². The fraction of sp³-hybridized carbons (Fsp3) is 0.435. The van der Waals surface area contributed by atoms with Gasteiger partial charge < -0.3 is 14.8 Å². The summed E-state index contributed by atoms with van der Waals surface area (Å²) in [5, 5.41) is 2.88. The summed E-state index contributed by atoms with van der Waals surface area (Å²) in [6.45, 7) is 2.76. The number of ether oxygens (including phenoxy) is 2. The van der Waals surface area contributed by atoms with Gasteiger partial charge in [0, 0.05) is 25.1 Å². The number of amides is 1. The third-order valence-electron chi connectivity index (χ3n) is 5.55. The van der Waals surface area contributed by atoms with E-state index in [-0.39, 0.29) is 23.9 Å². The van der Waals surface area contributed by atoms with E-state index < -0.39 is 27.6 Å². The minimum absolute atomic E-state index is 0.0946. The summed E-state index contributed by atoms with van der Waals surface area (Å²) < 4.78 is 64.4. The van der Waals surface area contributed by atoms with Crippen molar-refractivity contribution < 1.29 is 31.5 Å². The summed E-state index contributed by atoms with van der Waals surface area (Å²) >= 11 is 0. The number of hydrogen-bond acceptors (Lipinski definition) is 5. The number of rotatable bonds is 9. The molecule has 0 unspecified atom stereocenters. The second kappa shape index (κ2) is 10.9. The molecule has 1 heterocycles. The fourth-order valence-electron chi connectivity index (χ4n) is 3.57. The minimum atomic E-state index is -3.98. The quantitative estimate of drug-likeness (QED) is 0.542. The molecule has 2 aromatic carbocycles. The maximum atomic E-state index is 13.5. The van der Waals surface area contributed by atoms with Gasteiger partial charge in [-0.3, -0.25) is 4.79 Å². The molecule has 0 bridgehead atoms. The maximum Gasteiger partial charge on any atom is 0.243 e. The molecule has 0 aromatic heterocycles. The van der Waals surface area contributed by atoms with E-state index in [4.69, 9.17) is 9.47 Å². The molecule has 1 saturated heterocycles. The van der Waals surface area contributed by atoms with Gasteiger partial charge in [-0.1, -0.05) is 13.3 Å². The standard InChI is InChI=1S/C23H28F2N2O5S/c1-3-4-13-32-22-8-5-17(31-2)14-21(22)26-23(28)16-9-11-27(12-10-16)33(29,30)18-6-7-19(24)20(25)15-18/h5-8,14-16H,3-4,9-13H2,1-2H3,(H,26,28). The van der Waals surface area contributed by atoms with Gasteiger partial charge in [0.05, 0.1) is 24.3 Å². The Morgan fingerprint density at radius 1 is 1.12 bits per heavy atom. The molecule has 0 spiro atoms. The lowest BCUT2D eigenvalue weighted by atomic mass is 9.97. The van der Waals surface area contributed by atoms with Crippen molar-refractivity contribution in [1.82, 2.24) is 4.31 Å². The number of anilines is 1. The van der Waals surface area contributed by atoms with Gasteiger partial charge in [0.15, 0.2) is 11.6 Å². The van der Waals surface area contributed by atoms with Crippen LogP contribution in [0.1, 0.15) is 32.6 Å². The van der Waals surface area contributed by atoms with Gasteiger partial charge in [0.2, 0.25) is 15.9 Å². The SMILES string of the molecule is CCCCOc1ccc(OC)cc1NC(=O)C1CCN(S(=O)(=O)c2ccc(F)c(F)c2)CC1. The molecule has 3 rings (SSSR count). The fourth-order valence-corrected chi connectivity index (χ4v) is 5.05. The van der Waals surface area contributed by atoms with Crippen LogP contribution in [0.5, 0.6) is 11.5 Å². The number of hydrogen-bond donors (Lipinski definition) is 1. The molecule has 1 aliphatic rings. The third kappa shape index (κ3) is 6.00. The lowest BCUT2D eigenvalue weighted by Gasteiger charge is -2.30. The van der Waals surface area contributed by atoms with Gasteiger partial charge in [-0.05, 0) is 49.6 Å². The Balaban J connectivity index is 1.65. The highest BCUT2D eigenvalue weighted by molar-refractivity contribution is 7.89. The van der Waals surface area contributed by atoms with Crippen molar-refractivity contribution in [2.75, 3.05) is 32.1 Å².